The molecule has 0 aliphatic heterocycles. The van der Waals surface area contributed by atoms with Gasteiger partial charge >= 0.3 is 0 Å². The summed E-state index contributed by atoms with van der Waals surface area (Å²) in [5.41, 5.74) is 6.99. The third-order valence-corrected chi connectivity index (χ3v) is 3.10. The van der Waals surface area contributed by atoms with Crippen molar-refractivity contribution in [3.05, 3.63) is 33.6 Å². The Balaban J connectivity index is 3.19. The van der Waals surface area contributed by atoms with Crippen molar-refractivity contribution in [2.75, 3.05) is 6.54 Å². The van der Waals surface area contributed by atoms with Crippen LogP contribution in [0.25, 0.3) is 0 Å². The van der Waals surface area contributed by atoms with Crippen LogP contribution in [-0.4, -0.2) is 11.7 Å². The molecular weight excluding hydrogens is 217 g/mol. The first-order valence-corrected chi connectivity index (χ1v) is 5.20. The maximum absolute atomic E-state index is 13.4. The average molecular weight is 232 g/mol. The third kappa shape index (κ3) is 2.48. The summed E-state index contributed by atoms with van der Waals surface area (Å²) in [7, 11) is 0. The van der Waals surface area contributed by atoms with Crippen LogP contribution < -0.4 is 5.73 Å². The smallest absolute Gasteiger partial charge is 0.127 e. The van der Waals surface area contributed by atoms with Crippen molar-refractivity contribution in [2.45, 2.75) is 26.4 Å². The molecule has 0 heterocycles. The summed E-state index contributed by atoms with van der Waals surface area (Å²) in [6, 6.07) is 1.33. The van der Waals surface area contributed by atoms with Crippen LogP contribution in [0.1, 0.15) is 29.2 Å². The zero-order valence-corrected chi connectivity index (χ0v) is 9.61. The van der Waals surface area contributed by atoms with E-state index in [4.69, 9.17) is 17.3 Å². The van der Waals surface area contributed by atoms with Gasteiger partial charge in [-0.25, -0.2) is 4.39 Å². The number of hydrogen-bond donors (Lipinski definition) is 2. The lowest BCUT2D eigenvalue weighted by atomic mass is 9.98. The van der Waals surface area contributed by atoms with Gasteiger partial charge in [-0.3, -0.25) is 0 Å². The Labute approximate surface area is 93.9 Å². The van der Waals surface area contributed by atoms with Crippen LogP contribution in [-0.2, 0) is 0 Å². The minimum Gasteiger partial charge on any atom is -0.388 e. The van der Waals surface area contributed by atoms with Gasteiger partial charge in [0.2, 0.25) is 0 Å². The number of nitrogens with two attached hydrogens (primary N) is 1. The van der Waals surface area contributed by atoms with E-state index in [0.29, 0.717) is 29.1 Å². The fraction of sp³-hybridized carbons (Fsp3) is 0.455. The number of aliphatic hydroxyl groups excluding tert-OH is 1. The van der Waals surface area contributed by atoms with Gasteiger partial charge in [0.25, 0.3) is 0 Å². The number of aliphatic hydroxyl groups is 1. The van der Waals surface area contributed by atoms with Gasteiger partial charge in [-0.1, -0.05) is 11.6 Å². The predicted molar refractivity (Wildman–Crippen MR) is 59.5 cm³/mol. The summed E-state index contributed by atoms with van der Waals surface area (Å²) in [6.07, 6.45) is -0.345. The molecule has 0 fully saturated rings. The first-order chi connectivity index (χ1) is 6.99. The Kier molecular flexibility index (Phi) is 4.08. The second-order valence-corrected chi connectivity index (χ2v) is 3.98. The maximum Gasteiger partial charge on any atom is 0.127 e. The lowest BCUT2D eigenvalue weighted by Gasteiger charge is -2.15. The van der Waals surface area contributed by atoms with Crippen molar-refractivity contribution in [3.63, 3.8) is 0 Å². The summed E-state index contributed by atoms with van der Waals surface area (Å²) in [5.74, 6) is -0.392. The van der Waals surface area contributed by atoms with E-state index in [1.807, 2.05) is 0 Å². The molecule has 1 rings (SSSR count). The average Bonchev–Trinajstić information content (AvgIpc) is 2.20. The highest BCUT2D eigenvalue weighted by atomic mass is 35.5. The molecule has 0 spiro atoms. The molecule has 2 nitrogen and oxygen atoms in total. The fourth-order valence-electron chi connectivity index (χ4n) is 1.53. The molecule has 4 heteroatoms. The quantitative estimate of drug-likeness (QED) is 0.840. The molecule has 0 aromatic heterocycles. The van der Waals surface area contributed by atoms with Crippen molar-refractivity contribution >= 4 is 11.6 Å². The molecule has 0 aliphatic carbocycles. The molecule has 0 saturated carbocycles. The van der Waals surface area contributed by atoms with Crippen LogP contribution in [0.15, 0.2) is 6.07 Å². The standard InChI is InChI=1S/C11H15ClFNO/c1-6-8(10(15)3-4-14)5-9(13)7(2)11(6)12/h5,10,15H,3-4,14H2,1-2H3. The molecule has 1 aromatic rings. The highest BCUT2D eigenvalue weighted by Crippen LogP contribution is 2.30. The van der Waals surface area contributed by atoms with E-state index in [1.54, 1.807) is 13.8 Å². The number of hydrogen-bond acceptors (Lipinski definition) is 2. The molecule has 3 N–H and O–H groups in total. The molecule has 1 unspecified atom stereocenters. The van der Waals surface area contributed by atoms with Crippen molar-refractivity contribution in [1.82, 2.24) is 0 Å². The Morgan fingerprint density at radius 2 is 2.07 bits per heavy atom. The van der Waals surface area contributed by atoms with Crippen LogP contribution in [0.3, 0.4) is 0 Å². The molecule has 0 aliphatic rings. The molecule has 0 bridgehead atoms. The van der Waals surface area contributed by atoms with Gasteiger partial charge in [0.1, 0.15) is 5.82 Å². The van der Waals surface area contributed by atoms with E-state index in [-0.39, 0.29) is 0 Å². The molecule has 0 radical (unpaired) electrons. The molecule has 1 aromatic carbocycles. The molecule has 1 atom stereocenters. The monoisotopic (exact) mass is 231 g/mol. The van der Waals surface area contributed by atoms with Crippen molar-refractivity contribution in [2.24, 2.45) is 5.73 Å². The first kappa shape index (κ1) is 12.4. The summed E-state index contributed by atoms with van der Waals surface area (Å²) in [5, 5.41) is 10.1. The summed E-state index contributed by atoms with van der Waals surface area (Å²) in [4.78, 5) is 0. The van der Waals surface area contributed by atoms with Crippen LogP contribution in [0.4, 0.5) is 4.39 Å². The number of halogens is 2. The Hall–Kier alpha value is -0.640. The van der Waals surface area contributed by atoms with Gasteiger partial charge in [-0.15, -0.1) is 0 Å². The van der Waals surface area contributed by atoms with E-state index in [2.05, 4.69) is 0 Å². The Morgan fingerprint density at radius 3 is 2.60 bits per heavy atom. The second-order valence-electron chi connectivity index (χ2n) is 3.60. The van der Waals surface area contributed by atoms with Crippen LogP contribution in [0, 0.1) is 19.7 Å². The molecular formula is C11H15ClFNO. The molecule has 0 saturated heterocycles. The van der Waals surface area contributed by atoms with E-state index in [9.17, 15) is 9.50 Å². The van der Waals surface area contributed by atoms with Gasteiger partial charge in [-0.05, 0) is 44.0 Å². The van der Waals surface area contributed by atoms with E-state index in [0.717, 1.165) is 5.56 Å². The minimum absolute atomic E-state index is 0.355. The summed E-state index contributed by atoms with van der Waals surface area (Å²) < 4.78 is 13.4. The molecule has 84 valence electrons. The van der Waals surface area contributed by atoms with Crippen LogP contribution in [0.5, 0.6) is 0 Å². The Bertz CT molecular complexity index is 368. The van der Waals surface area contributed by atoms with Crippen LogP contribution in [0.2, 0.25) is 5.02 Å². The van der Waals surface area contributed by atoms with E-state index < -0.39 is 11.9 Å². The Morgan fingerprint density at radius 1 is 1.47 bits per heavy atom. The normalized spacial score (nSPS) is 12.9. The van der Waals surface area contributed by atoms with Crippen molar-refractivity contribution < 1.29 is 9.50 Å². The van der Waals surface area contributed by atoms with Gasteiger partial charge in [0, 0.05) is 10.6 Å². The zero-order chi connectivity index (χ0) is 11.6. The second kappa shape index (κ2) is 4.92. The van der Waals surface area contributed by atoms with Crippen molar-refractivity contribution in [3.8, 4) is 0 Å². The number of rotatable bonds is 3. The van der Waals surface area contributed by atoms with E-state index >= 15 is 0 Å². The zero-order valence-electron chi connectivity index (χ0n) is 8.85. The highest BCUT2D eigenvalue weighted by Gasteiger charge is 2.16. The fourth-order valence-corrected chi connectivity index (χ4v) is 1.72. The maximum atomic E-state index is 13.4. The highest BCUT2D eigenvalue weighted by molar-refractivity contribution is 6.32. The van der Waals surface area contributed by atoms with Crippen molar-refractivity contribution in [1.29, 1.82) is 0 Å². The van der Waals surface area contributed by atoms with Gasteiger partial charge in [-0.2, -0.15) is 0 Å². The van der Waals surface area contributed by atoms with Gasteiger partial charge in [0.05, 0.1) is 6.10 Å². The van der Waals surface area contributed by atoms with E-state index in [1.165, 1.54) is 6.07 Å². The number of benzene rings is 1. The van der Waals surface area contributed by atoms with Gasteiger partial charge < -0.3 is 10.8 Å². The SMILES string of the molecule is Cc1c(F)cc(C(O)CCN)c(C)c1Cl. The lowest BCUT2D eigenvalue weighted by Crippen LogP contribution is -2.09. The summed E-state index contributed by atoms with van der Waals surface area (Å²) in [6.45, 7) is 3.74. The molecule has 15 heavy (non-hydrogen) atoms. The minimum atomic E-state index is -0.748. The first-order valence-electron chi connectivity index (χ1n) is 4.82. The predicted octanol–water partition coefficient (Wildman–Crippen LogP) is 2.48. The molecule has 0 amide bonds. The largest absolute Gasteiger partial charge is 0.388 e. The lowest BCUT2D eigenvalue weighted by molar-refractivity contribution is 0.169. The topological polar surface area (TPSA) is 46.2 Å². The summed E-state index contributed by atoms with van der Waals surface area (Å²) >= 11 is 5.95. The third-order valence-electron chi connectivity index (χ3n) is 2.53. The van der Waals surface area contributed by atoms with Crippen LogP contribution >= 0.6 is 11.6 Å². The van der Waals surface area contributed by atoms with Gasteiger partial charge in [0.15, 0.2) is 0 Å².